The summed E-state index contributed by atoms with van der Waals surface area (Å²) in [5, 5.41) is 8.89. The summed E-state index contributed by atoms with van der Waals surface area (Å²) in [6.45, 7) is 2.41. The van der Waals surface area contributed by atoms with Crippen molar-refractivity contribution in [1.82, 2.24) is 14.8 Å². The van der Waals surface area contributed by atoms with Crippen molar-refractivity contribution in [2.24, 2.45) is 0 Å². The molecule has 0 bridgehead atoms. The van der Waals surface area contributed by atoms with E-state index < -0.39 is 0 Å². The Kier molecular flexibility index (Phi) is 2.45. The van der Waals surface area contributed by atoms with E-state index in [2.05, 4.69) is 45.1 Å². The molecule has 1 fully saturated rings. The number of benzene rings is 1. The summed E-state index contributed by atoms with van der Waals surface area (Å²) in [4.78, 5) is 0. The predicted molar refractivity (Wildman–Crippen MR) is 71.0 cm³/mol. The summed E-state index contributed by atoms with van der Waals surface area (Å²) in [6, 6.07) is 10.7. The minimum Gasteiger partial charge on any atom is -0.379 e. The zero-order valence-electron chi connectivity index (χ0n) is 10.9. The highest BCUT2D eigenvalue weighted by Gasteiger charge is 2.50. The predicted octanol–water partition coefficient (Wildman–Crippen LogP) is 1.93. The van der Waals surface area contributed by atoms with Crippen LogP contribution in [0.3, 0.4) is 0 Å². The first-order valence-electron chi connectivity index (χ1n) is 6.96. The van der Waals surface area contributed by atoms with Crippen LogP contribution in [0, 0.1) is 0 Å². The molecule has 1 aliphatic carbocycles. The maximum Gasteiger partial charge on any atom is 0.143 e. The van der Waals surface area contributed by atoms with Crippen molar-refractivity contribution in [3.05, 3.63) is 47.5 Å². The average molecular weight is 255 g/mol. The molecule has 98 valence electrons. The third-order valence-corrected chi connectivity index (χ3v) is 4.26. The molecule has 0 amide bonds. The maximum atomic E-state index is 5.54. The highest BCUT2D eigenvalue weighted by atomic mass is 16.5. The van der Waals surface area contributed by atoms with E-state index in [-0.39, 0.29) is 5.41 Å². The van der Waals surface area contributed by atoms with Crippen LogP contribution in [0.5, 0.6) is 0 Å². The van der Waals surface area contributed by atoms with Gasteiger partial charge in [-0.15, -0.1) is 10.2 Å². The van der Waals surface area contributed by atoms with Gasteiger partial charge < -0.3 is 9.30 Å². The Labute approximate surface area is 112 Å². The first kappa shape index (κ1) is 11.2. The van der Waals surface area contributed by atoms with Crippen LogP contribution in [-0.4, -0.2) is 28.0 Å². The van der Waals surface area contributed by atoms with Crippen LogP contribution in [0.2, 0.25) is 0 Å². The normalized spacial score (nSPS) is 20.6. The molecule has 2 aliphatic rings. The average Bonchev–Trinajstić information content (AvgIpc) is 3.22. The molecule has 1 saturated carbocycles. The van der Waals surface area contributed by atoms with Gasteiger partial charge in [0.1, 0.15) is 11.6 Å². The second kappa shape index (κ2) is 4.17. The summed E-state index contributed by atoms with van der Waals surface area (Å²) < 4.78 is 7.83. The zero-order valence-corrected chi connectivity index (χ0v) is 10.9. The van der Waals surface area contributed by atoms with Crippen LogP contribution in [0.25, 0.3) is 0 Å². The molecule has 0 spiro atoms. The van der Waals surface area contributed by atoms with Gasteiger partial charge in [0.15, 0.2) is 0 Å². The monoisotopic (exact) mass is 255 g/mol. The second-order valence-electron chi connectivity index (χ2n) is 5.40. The molecule has 4 nitrogen and oxygen atoms in total. The summed E-state index contributed by atoms with van der Waals surface area (Å²) in [6.07, 6.45) is 3.23. The van der Waals surface area contributed by atoms with E-state index >= 15 is 0 Å². The Morgan fingerprint density at radius 1 is 1.05 bits per heavy atom. The number of ether oxygens (including phenoxy) is 1. The van der Waals surface area contributed by atoms with Gasteiger partial charge in [0.2, 0.25) is 0 Å². The molecule has 1 aromatic heterocycles. The lowest BCUT2D eigenvalue weighted by Crippen LogP contribution is -2.18. The minimum absolute atomic E-state index is 0.108. The Balaban J connectivity index is 1.79. The fraction of sp³-hybridized carbons (Fsp3) is 0.467. The van der Waals surface area contributed by atoms with E-state index in [9.17, 15) is 0 Å². The van der Waals surface area contributed by atoms with Gasteiger partial charge in [0, 0.05) is 13.0 Å². The van der Waals surface area contributed by atoms with Crippen molar-refractivity contribution in [2.75, 3.05) is 13.2 Å². The summed E-state index contributed by atoms with van der Waals surface area (Å²) >= 11 is 0. The van der Waals surface area contributed by atoms with Crippen molar-refractivity contribution in [3.63, 3.8) is 0 Å². The van der Waals surface area contributed by atoms with E-state index in [0.717, 1.165) is 37.8 Å². The molecule has 4 rings (SSSR count). The number of nitrogens with zero attached hydrogens (tertiary/aromatic N) is 3. The number of hydrogen-bond acceptors (Lipinski definition) is 3. The minimum atomic E-state index is 0.108. The van der Waals surface area contributed by atoms with E-state index in [4.69, 9.17) is 4.74 Å². The van der Waals surface area contributed by atoms with Crippen LogP contribution in [0.1, 0.15) is 30.1 Å². The van der Waals surface area contributed by atoms with Crippen molar-refractivity contribution >= 4 is 0 Å². The first-order valence-corrected chi connectivity index (χ1v) is 6.96. The third kappa shape index (κ3) is 1.70. The van der Waals surface area contributed by atoms with Gasteiger partial charge in [0.25, 0.3) is 0 Å². The van der Waals surface area contributed by atoms with Crippen LogP contribution in [-0.2, 0) is 23.1 Å². The van der Waals surface area contributed by atoms with Crippen molar-refractivity contribution < 1.29 is 4.74 Å². The molecule has 0 radical (unpaired) electrons. The molecule has 0 atom stereocenters. The lowest BCUT2D eigenvalue weighted by atomic mass is 9.95. The Morgan fingerprint density at radius 2 is 1.89 bits per heavy atom. The van der Waals surface area contributed by atoms with Crippen molar-refractivity contribution in [3.8, 4) is 0 Å². The SMILES string of the molecule is c1ccc(C2(c3nnc4n3CCOCC4)CC2)cc1. The number of fused-ring (bicyclic) bond motifs is 1. The number of aromatic nitrogens is 3. The molecule has 0 N–H and O–H groups in total. The van der Waals surface area contributed by atoms with Crippen LogP contribution < -0.4 is 0 Å². The van der Waals surface area contributed by atoms with Gasteiger partial charge in [-0.3, -0.25) is 0 Å². The Morgan fingerprint density at radius 3 is 2.68 bits per heavy atom. The van der Waals surface area contributed by atoms with Crippen LogP contribution in [0.15, 0.2) is 30.3 Å². The Bertz CT molecular complexity index is 587. The fourth-order valence-corrected chi connectivity index (χ4v) is 3.05. The molecule has 1 aliphatic heterocycles. The van der Waals surface area contributed by atoms with Gasteiger partial charge in [0.05, 0.1) is 18.6 Å². The maximum absolute atomic E-state index is 5.54. The molecule has 2 aromatic rings. The Hall–Kier alpha value is -1.68. The summed E-state index contributed by atoms with van der Waals surface area (Å²) in [5.41, 5.74) is 1.48. The molecule has 4 heteroatoms. The van der Waals surface area contributed by atoms with Crippen molar-refractivity contribution in [1.29, 1.82) is 0 Å². The number of rotatable bonds is 2. The van der Waals surface area contributed by atoms with E-state index in [1.165, 1.54) is 18.4 Å². The topological polar surface area (TPSA) is 39.9 Å². The molecule has 19 heavy (non-hydrogen) atoms. The molecule has 2 heterocycles. The summed E-state index contributed by atoms with van der Waals surface area (Å²) in [5.74, 6) is 2.22. The van der Waals surface area contributed by atoms with E-state index in [1.54, 1.807) is 0 Å². The first-order chi connectivity index (χ1) is 9.40. The highest BCUT2D eigenvalue weighted by Crippen LogP contribution is 2.52. The zero-order chi connectivity index (χ0) is 12.7. The van der Waals surface area contributed by atoms with Gasteiger partial charge in [-0.05, 0) is 18.4 Å². The largest absolute Gasteiger partial charge is 0.379 e. The molecular formula is C15H17N3O. The standard InChI is InChI=1S/C15H17N3O/c1-2-4-12(5-3-1)15(7-8-15)14-17-16-13-6-10-19-11-9-18(13)14/h1-5H,6-11H2. The van der Waals surface area contributed by atoms with Gasteiger partial charge >= 0.3 is 0 Å². The fourth-order valence-electron chi connectivity index (χ4n) is 3.05. The molecule has 0 saturated heterocycles. The van der Waals surface area contributed by atoms with Crippen molar-refractivity contribution in [2.45, 2.75) is 31.2 Å². The highest BCUT2D eigenvalue weighted by molar-refractivity contribution is 5.39. The smallest absolute Gasteiger partial charge is 0.143 e. The van der Waals surface area contributed by atoms with Crippen LogP contribution in [0.4, 0.5) is 0 Å². The van der Waals surface area contributed by atoms with Gasteiger partial charge in [-0.2, -0.15) is 0 Å². The van der Waals surface area contributed by atoms with Gasteiger partial charge in [-0.25, -0.2) is 0 Å². The van der Waals surface area contributed by atoms with E-state index in [1.807, 2.05) is 0 Å². The molecule has 1 aromatic carbocycles. The third-order valence-electron chi connectivity index (χ3n) is 4.26. The summed E-state index contributed by atoms with van der Waals surface area (Å²) in [7, 11) is 0. The number of hydrogen-bond donors (Lipinski definition) is 0. The van der Waals surface area contributed by atoms with Gasteiger partial charge in [-0.1, -0.05) is 30.3 Å². The van der Waals surface area contributed by atoms with Crippen LogP contribution >= 0.6 is 0 Å². The second-order valence-corrected chi connectivity index (χ2v) is 5.40. The lowest BCUT2D eigenvalue weighted by molar-refractivity contribution is 0.139. The molecular weight excluding hydrogens is 238 g/mol. The van der Waals surface area contributed by atoms with E-state index in [0.29, 0.717) is 0 Å². The molecule has 0 unspecified atom stereocenters. The lowest BCUT2D eigenvalue weighted by Gasteiger charge is -2.16. The quantitative estimate of drug-likeness (QED) is 0.823.